The first-order valence-corrected chi connectivity index (χ1v) is 9.06. The second kappa shape index (κ2) is 6.24. The van der Waals surface area contributed by atoms with Crippen molar-refractivity contribution in [3.8, 4) is 0 Å². The number of hydrogen-bond acceptors (Lipinski definition) is 3. The van der Waals surface area contributed by atoms with Crippen LogP contribution in [0.5, 0.6) is 0 Å². The maximum atomic E-state index is 12.3. The summed E-state index contributed by atoms with van der Waals surface area (Å²) in [6.45, 7) is 0.410. The Morgan fingerprint density at radius 1 is 1.35 bits per heavy atom. The summed E-state index contributed by atoms with van der Waals surface area (Å²) in [5, 5.41) is 2.79. The fourth-order valence-electron chi connectivity index (χ4n) is 2.34. The van der Waals surface area contributed by atoms with E-state index in [2.05, 4.69) is 21.2 Å². The SMILES string of the molecule is CS(=O)(=O)N1CCCC[C@@H]1C(=O)Nc1ccccc1Br. The molecule has 0 bridgehead atoms. The van der Waals surface area contributed by atoms with E-state index in [9.17, 15) is 13.2 Å². The minimum atomic E-state index is -3.36. The van der Waals surface area contributed by atoms with Gasteiger partial charge in [0.1, 0.15) is 6.04 Å². The molecule has 1 saturated heterocycles. The summed E-state index contributed by atoms with van der Waals surface area (Å²) in [6.07, 6.45) is 3.37. The van der Waals surface area contributed by atoms with Gasteiger partial charge in [0.15, 0.2) is 0 Å². The zero-order valence-electron chi connectivity index (χ0n) is 11.2. The molecule has 2 rings (SSSR count). The van der Waals surface area contributed by atoms with Crippen molar-refractivity contribution in [2.45, 2.75) is 25.3 Å². The minimum Gasteiger partial charge on any atom is -0.324 e. The Morgan fingerprint density at radius 3 is 2.70 bits per heavy atom. The Morgan fingerprint density at radius 2 is 2.05 bits per heavy atom. The van der Waals surface area contributed by atoms with Crippen molar-refractivity contribution in [2.24, 2.45) is 0 Å². The van der Waals surface area contributed by atoms with Crippen molar-refractivity contribution in [1.82, 2.24) is 4.31 Å². The lowest BCUT2D eigenvalue weighted by molar-refractivity contribution is -0.120. The van der Waals surface area contributed by atoms with Gasteiger partial charge in [0.05, 0.1) is 11.9 Å². The van der Waals surface area contributed by atoms with Crippen molar-refractivity contribution < 1.29 is 13.2 Å². The summed E-state index contributed by atoms with van der Waals surface area (Å²) in [4.78, 5) is 12.3. The number of piperidine rings is 1. The first-order chi connectivity index (χ1) is 9.39. The Hall–Kier alpha value is -0.920. The number of halogens is 1. The molecular formula is C13H17BrN2O3S. The average molecular weight is 361 g/mol. The number of amides is 1. The zero-order chi connectivity index (χ0) is 14.8. The number of benzene rings is 1. The van der Waals surface area contributed by atoms with Gasteiger partial charge in [-0.05, 0) is 40.9 Å². The quantitative estimate of drug-likeness (QED) is 0.898. The second-order valence-corrected chi connectivity index (χ2v) is 7.64. The predicted octanol–water partition coefficient (Wildman–Crippen LogP) is 2.20. The largest absolute Gasteiger partial charge is 0.324 e. The number of sulfonamides is 1. The molecule has 5 nitrogen and oxygen atoms in total. The Kier molecular flexibility index (Phi) is 4.82. The van der Waals surface area contributed by atoms with Gasteiger partial charge in [0.25, 0.3) is 0 Å². The van der Waals surface area contributed by atoms with E-state index < -0.39 is 16.1 Å². The maximum Gasteiger partial charge on any atom is 0.242 e. The molecule has 7 heteroatoms. The first kappa shape index (κ1) is 15.5. The standard InChI is InChI=1S/C13H17BrN2O3S/c1-20(18,19)16-9-5-4-8-12(16)13(17)15-11-7-3-2-6-10(11)14/h2-3,6-7,12H,4-5,8-9H2,1H3,(H,15,17)/t12-/m1/s1. The molecule has 1 heterocycles. The highest BCUT2D eigenvalue weighted by molar-refractivity contribution is 9.10. The number of carbonyl (C=O) groups is 1. The van der Waals surface area contributed by atoms with Crippen molar-refractivity contribution in [3.63, 3.8) is 0 Å². The normalized spacial score (nSPS) is 20.6. The van der Waals surface area contributed by atoms with Crippen LogP contribution >= 0.6 is 15.9 Å². The molecule has 1 aromatic rings. The number of nitrogens with one attached hydrogen (secondary N) is 1. The first-order valence-electron chi connectivity index (χ1n) is 6.42. The van der Waals surface area contributed by atoms with Gasteiger partial charge in [-0.1, -0.05) is 18.6 Å². The van der Waals surface area contributed by atoms with Crippen LogP contribution < -0.4 is 5.32 Å². The van der Waals surface area contributed by atoms with E-state index in [1.54, 1.807) is 6.07 Å². The van der Waals surface area contributed by atoms with E-state index in [-0.39, 0.29) is 5.91 Å². The van der Waals surface area contributed by atoms with Gasteiger partial charge < -0.3 is 5.32 Å². The van der Waals surface area contributed by atoms with Gasteiger partial charge >= 0.3 is 0 Å². The molecular weight excluding hydrogens is 344 g/mol. The third-order valence-electron chi connectivity index (χ3n) is 3.31. The van der Waals surface area contributed by atoms with E-state index in [1.807, 2.05) is 18.2 Å². The van der Waals surface area contributed by atoms with Crippen molar-refractivity contribution in [2.75, 3.05) is 18.1 Å². The number of nitrogens with zero attached hydrogens (tertiary/aromatic N) is 1. The van der Waals surface area contributed by atoms with Crippen LogP contribution in [0.15, 0.2) is 28.7 Å². The van der Waals surface area contributed by atoms with E-state index in [4.69, 9.17) is 0 Å². The number of rotatable bonds is 3. The Balaban J connectivity index is 2.17. The molecule has 1 aliphatic heterocycles. The summed E-state index contributed by atoms with van der Waals surface area (Å²) in [5.41, 5.74) is 0.650. The van der Waals surface area contributed by atoms with E-state index in [0.717, 1.165) is 23.6 Å². The number of carbonyl (C=O) groups excluding carboxylic acids is 1. The highest BCUT2D eigenvalue weighted by Crippen LogP contribution is 2.24. The van der Waals surface area contributed by atoms with Crippen LogP contribution in [-0.4, -0.2) is 37.5 Å². The monoisotopic (exact) mass is 360 g/mol. The molecule has 0 unspecified atom stereocenters. The highest BCUT2D eigenvalue weighted by Gasteiger charge is 2.34. The van der Waals surface area contributed by atoms with Crippen molar-refractivity contribution in [3.05, 3.63) is 28.7 Å². The molecule has 1 aromatic carbocycles. The lowest BCUT2D eigenvalue weighted by atomic mass is 10.0. The summed E-state index contributed by atoms with van der Waals surface area (Å²) in [5.74, 6) is -0.276. The smallest absolute Gasteiger partial charge is 0.242 e. The van der Waals surface area contributed by atoms with Crippen molar-refractivity contribution >= 4 is 37.5 Å². The fraction of sp³-hybridized carbons (Fsp3) is 0.462. The topological polar surface area (TPSA) is 66.5 Å². The van der Waals surface area contributed by atoms with Crippen molar-refractivity contribution in [1.29, 1.82) is 0 Å². The van der Waals surface area contributed by atoms with Crippen LogP contribution in [0.3, 0.4) is 0 Å². The lowest BCUT2D eigenvalue weighted by Gasteiger charge is -2.32. The van der Waals surface area contributed by atoms with Crippen LogP contribution in [-0.2, 0) is 14.8 Å². The van der Waals surface area contributed by atoms with Gasteiger partial charge in [-0.15, -0.1) is 0 Å². The van der Waals surface area contributed by atoms with Crippen LogP contribution in [0.1, 0.15) is 19.3 Å². The highest BCUT2D eigenvalue weighted by atomic mass is 79.9. The van der Waals surface area contributed by atoms with Crippen LogP contribution in [0.2, 0.25) is 0 Å². The van der Waals surface area contributed by atoms with E-state index in [0.29, 0.717) is 18.7 Å². The van der Waals surface area contributed by atoms with Crippen LogP contribution in [0, 0.1) is 0 Å². The molecule has 1 aliphatic rings. The summed E-state index contributed by atoms with van der Waals surface area (Å²) < 4.78 is 25.6. The van der Waals surface area contributed by atoms with Gasteiger partial charge in [-0.25, -0.2) is 8.42 Å². The summed E-state index contributed by atoms with van der Waals surface area (Å²) >= 11 is 3.36. The van der Waals surface area contributed by atoms with E-state index in [1.165, 1.54) is 4.31 Å². The number of hydrogen-bond donors (Lipinski definition) is 1. The van der Waals surface area contributed by atoms with E-state index >= 15 is 0 Å². The van der Waals surface area contributed by atoms with Gasteiger partial charge in [-0.3, -0.25) is 4.79 Å². The molecule has 1 fully saturated rings. The van der Waals surface area contributed by atoms with Crippen LogP contribution in [0.25, 0.3) is 0 Å². The second-order valence-electron chi connectivity index (χ2n) is 4.85. The van der Waals surface area contributed by atoms with Gasteiger partial charge in [0.2, 0.25) is 15.9 Å². The molecule has 0 aromatic heterocycles. The molecule has 110 valence electrons. The molecule has 20 heavy (non-hydrogen) atoms. The molecule has 0 aliphatic carbocycles. The number of anilines is 1. The third-order valence-corrected chi connectivity index (χ3v) is 5.29. The van der Waals surface area contributed by atoms with Crippen LogP contribution in [0.4, 0.5) is 5.69 Å². The lowest BCUT2D eigenvalue weighted by Crippen LogP contribution is -2.49. The van der Waals surface area contributed by atoms with Gasteiger partial charge in [-0.2, -0.15) is 4.31 Å². The summed E-state index contributed by atoms with van der Waals surface area (Å²) in [6, 6.07) is 6.64. The average Bonchev–Trinajstić information content (AvgIpc) is 2.40. The molecule has 0 saturated carbocycles. The predicted molar refractivity (Wildman–Crippen MR) is 82.0 cm³/mol. The third kappa shape index (κ3) is 3.59. The Bertz CT molecular complexity index is 603. The molecule has 1 atom stereocenters. The molecule has 0 radical (unpaired) electrons. The zero-order valence-corrected chi connectivity index (χ0v) is 13.6. The maximum absolute atomic E-state index is 12.3. The summed E-state index contributed by atoms with van der Waals surface area (Å²) in [7, 11) is -3.36. The Labute approximate surface area is 127 Å². The number of para-hydroxylation sites is 1. The molecule has 0 spiro atoms. The molecule has 1 amide bonds. The fourth-order valence-corrected chi connectivity index (χ4v) is 3.85. The molecule has 1 N–H and O–H groups in total. The minimum absolute atomic E-state index is 0.276. The van der Waals surface area contributed by atoms with Gasteiger partial charge in [0, 0.05) is 11.0 Å².